The SMILES string of the molecule is CCc1nnc(COc2ccc(F)cc2C2CCN([C@@H]3COC4(C3)CN(c3nnco3)C4)CC2)s1. The third kappa shape index (κ3) is 4.64. The average Bonchev–Trinajstić information content (AvgIpc) is 3.63. The molecule has 1 atom stereocenters. The predicted octanol–water partition coefficient (Wildman–Crippen LogP) is 3.43. The lowest BCUT2D eigenvalue weighted by Crippen LogP contribution is -2.62. The highest BCUT2D eigenvalue weighted by atomic mass is 32.1. The van der Waals surface area contributed by atoms with Crippen molar-refractivity contribution in [3.63, 3.8) is 0 Å². The molecule has 186 valence electrons. The summed E-state index contributed by atoms with van der Waals surface area (Å²) in [5, 5.41) is 17.9. The maximum Gasteiger partial charge on any atom is 0.318 e. The van der Waals surface area contributed by atoms with Gasteiger partial charge in [-0.25, -0.2) is 4.39 Å². The van der Waals surface area contributed by atoms with E-state index in [2.05, 4.69) is 37.1 Å². The summed E-state index contributed by atoms with van der Waals surface area (Å²) in [6.45, 7) is 6.68. The van der Waals surface area contributed by atoms with Crippen LogP contribution < -0.4 is 9.64 Å². The van der Waals surface area contributed by atoms with Crippen molar-refractivity contribution in [1.29, 1.82) is 0 Å². The van der Waals surface area contributed by atoms with Crippen LogP contribution in [0.4, 0.5) is 10.4 Å². The van der Waals surface area contributed by atoms with E-state index >= 15 is 0 Å². The summed E-state index contributed by atoms with van der Waals surface area (Å²) in [5.74, 6) is 0.795. The van der Waals surface area contributed by atoms with E-state index in [-0.39, 0.29) is 17.3 Å². The lowest BCUT2D eigenvalue weighted by Gasteiger charge is -2.46. The van der Waals surface area contributed by atoms with Crippen LogP contribution in [0.5, 0.6) is 5.75 Å². The van der Waals surface area contributed by atoms with Crippen molar-refractivity contribution in [2.24, 2.45) is 0 Å². The zero-order valence-corrected chi connectivity index (χ0v) is 20.5. The lowest BCUT2D eigenvalue weighted by molar-refractivity contribution is -0.0216. The molecule has 35 heavy (non-hydrogen) atoms. The number of piperidine rings is 1. The fourth-order valence-corrected chi connectivity index (χ4v) is 6.24. The summed E-state index contributed by atoms with van der Waals surface area (Å²) < 4.78 is 31.8. The van der Waals surface area contributed by atoms with Gasteiger partial charge in [-0.15, -0.1) is 15.3 Å². The minimum absolute atomic E-state index is 0.109. The Hall–Kier alpha value is -2.63. The van der Waals surface area contributed by atoms with Gasteiger partial charge in [-0.1, -0.05) is 23.4 Å². The lowest BCUT2D eigenvalue weighted by atomic mass is 9.86. The van der Waals surface area contributed by atoms with Crippen LogP contribution in [0.3, 0.4) is 0 Å². The van der Waals surface area contributed by atoms with Gasteiger partial charge in [0.2, 0.25) is 6.39 Å². The summed E-state index contributed by atoms with van der Waals surface area (Å²) in [7, 11) is 0. The number of rotatable bonds is 7. The first kappa shape index (κ1) is 22.8. The Bertz CT molecular complexity index is 1140. The van der Waals surface area contributed by atoms with E-state index < -0.39 is 0 Å². The molecule has 3 saturated heterocycles. The summed E-state index contributed by atoms with van der Waals surface area (Å²) >= 11 is 1.56. The first-order valence-electron chi connectivity index (χ1n) is 12.2. The molecular weight excluding hydrogens is 471 g/mol. The van der Waals surface area contributed by atoms with Gasteiger partial charge in [0.25, 0.3) is 0 Å². The number of halogens is 1. The van der Waals surface area contributed by atoms with E-state index in [1.165, 1.54) is 12.5 Å². The second-order valence-electron chi connectivity index (χ2n) is 9.65. The molecule has 6 rings (SSSR count). The number of aromatic nitrogens is 4. The fraction of sp³-hybridized carbons (Fsp3) is 0.583. The van der Waals surface area contributed by atoms with Crippen LogP contribution >= 0.6 is 11.3 Å². The molecule has 0 aliphatic carbocycles. The number of hydrogen-bond acceptors (Lipinski definition) is 10. The molecule has 0 bridgehead atoms. The monoisotopic (exact) mass is 500 g/mol. The Morgan fingerprint density at radius 3 is 2.74 bits per heavy atom. The average molecular weight is 501 g/mol. The topological polar surface area (TPSA) is 89.6 Å². The zero-order chi connectivity index (χ0) is 23.8. The smallest absolute Gasteiger partial charge is 0.318 e. The maximum absolute atomic E-state index is 14.2. The molecule has 3 aliphatic heterocycles. The molecule has 3 aliphatic rings. The summed E-state index contributed by atoms with van der Waals surface area (Å²) in [5.41, 5.74) is 0.847. The van der Waals surface area contributed by atoms with Gasteiger partial charge in [0.05, 0.1) is 19.7 Å². The van der Waals surface area contributed by atoms with Gasteiger partial charge in [0.1, 0.15) is 28.8 Å². The molecule has 9 nitrogen and oxygen atoms in total. The molecule has 2 aromatic heterocycles. The van der Waals surface area contributed by atoms with Crippen LogP contribution in [-0.2, 0) is 17.8 Å². The molecule has 0 N–H and O–H groups in total. The van der Waals surface area contributed by atoms with E-state index in [0.717, 1.165) is 79.8 Å². The van der Waals surface area contributed by atoms with Crippen LogP contribution in [0, 0.1) is 5.82 Å². The Labute approximate surface area is 207 Å². The standard InChI is InChI=1S/C24H29FN6O3S/c1-2-21-27-28-22(35-21)12-32-20-4-3-17(25)9-19(20)16-5-7-30(8-6-16)18-10-24(34-11-18)13-31(14-24)23-29-26-15-33-23/h3-4,9,15-16,18H,2,5-8,10-14H2,1H3/t18-/m0/s1. The Kier molecular flexibility index (Phi) is 6.15. The third-order valence-corrected chi connectivity index (χ3v) is 8.43. The molecule has 1 aromatic carbocycles. The van der Waals surface area contributed by atoms with Crippen molar-refractivity contribution >= 4 is 17.4 Å². The molecule has 11 heteroatoms. The van der Waals surface area contributed by atoms with Gasteiger partial charge < -0.3 is 18.8 Å². The molecular formula is C24H29FN6O3S. The molecule has 3 aromatic rings. The minimum Gasteiger partial charge on any atom is -0.486 e. The molecule has 0 saturated carbocycles. The van der Waals surface area contributed by atoms with Gasteiger partial charge >= 0.3 is 6.01 Å². The number of aryl methyl sites for hydroxylation is 1. The molecule has 0 radical (unpaired) electrons. The Morgan fingerprint density at radius 1 is 1.17 bits per heavy atom. The van der Waals surface area contributed by atoms with Crippen molar-refractivity contribution in [3.05, 3.63) is 46.0 Å². The second kappa shape index (κ2) is 9.44. The first-order valence-corrected chi connectivity index (χ1v) is 13.0. The fourth-order valence-electron chi connectivity index (χ4n) is 5.54. The normalized spacial score (nSPS) is 22.6. The summed E-state index contributed by atoms with van der Waals surface area (Å²) in [6.07, 6.45) is 5.17. The minimum atomic E-state index is -0.221. The molecule has 0 amide bonds. The van der Waals surface area contributed by atoms with Gasteiger partial charge in [0, 0.05) is 11.6 Å². The summed E-state index contributed by atoms with van der Waals surface area (Å²) in [4.78, 5) is 4.60. The molecule has 1 spiro atoms. The Balaban J connectivity index is 1.04. The van der Waals surface area contributed by atoms with Crippen LogP contribution in [0.25, 0.3) is 0 Å². The predicted molar refractivity (Wildman–Crippen MR) is 127 cm³/mol. The van der Waals surface area contributed by atoms with Crippen molar-refractivity contribution in [3.8, 4) is 5.75 Å². The van der Waals surface area contributed by atoms with Crippen molar-refractivity contribution < 1.29 is 18.3 Å². The number of hydrogen-bond donors (Lipinski definition) is 0. The maximum atomic E-state index is 14.2. The van der Waals surface area contributed by atoms with Crippen molar-refractivity contribution in [2.45, 2.75) is 56.8 Å². The largest absolute Gasteiger partial charge is 0.486 e. The van der Waals surface area contributed by atoms with Crippen molar-refractivity contribution in [2.75, 3.05) is 37.7 Å². The highest BCUT2D eigenvalue weighted by molar-refractivity contribution is 7.11. The number of nitrogens with zero attached hydrogens (tertiary/aromatic N) is 6. The highest BCUT2D eigenvalue weighted by Gasteiger charge is 2.52. The zero-order valence-electron chi connectivity index (χ0n) is 19.7. The van der Waals surface area contributed by atoms with Crippen molar-refractivity contribution in [1.82, 2.24) is 25.3 Å². The first-order chi connectivity index (χ1) is 17.1. The number of anilines is 1. The van der Waals surface area contributed by atoms with E-state index in [9.17, 15) is 4.39 Å². The number of likely N-dealkylation sites (tertiary alicyclic amines) is 1. The highest BCUT2D eigenvalue weighted by Crippen LogP contribution is 2.41. The van der Waals surface area contributed by atoms with E-state index in [1.54, 1.807) is 23.5 Å². The van der Waals surface area contributed by atoms with E-state index in [4.69, 9.17) is 13.9 Å². The van der Waals surface area contributed by atoms with Gasteiger partial charge in [-0.05, 0) is 62.9 Å². The van der Waals surface area contributed by atoms with Gasteiger partial charge in [0.15, 0.2) is 5.01 Å². The quantitative estimate of drug-likeness (QED) is 0.484. The number of ether oxygens (including phenoxy) is 2. The number of benzene rings is 1. The molecule has 3 fully saturated rings. The Morgan fingerprint density at radius 2 is 2.00 bits per heavy atom. The van der Waals surface area contributed by atoms with Crippen LogP contribution in [0.15, 0.2) is 29.0 Å². The second-order valence-corrected chi connectivity index (χ2v) is 10.8. The van der Waals surface area contributed by atoms with E-state index in [1.807, 2.05) is 0 Å². The molecule has 0 unspecified atom stereocenters. The summed E-state index contributed by atoms with van der Waals surface area (Å²) in [6, 6.07) is 5.83. The van der Waals surface area contributed by atoms with Gasteiger partial charge in [-0.2, -0.15) is 0 Å². The van der Waals surface area contributed by atoms with Crippen LogP contribution in [-0.4, -0.2) is 69.7 Å². The van der Waals surface area contributed by atoms with Crippen LogP contribution in [0.1, 0.15) is 47.7 Å². The van der Waals surface area contributed by atoms with Crippen LogP contribution in [0.2, 0.25) is 0 Å². The molecule has 5 heterocycles. The van der Waals surface area contributed by atoms with E-state index in [0.29, 0.717) is 18.7 Å². The third-order valence-electron chi connectivity index (χ3n) is 7.39. The van der Waals surface area contributed by atoms with Gasteiger partial charge in [-0.3, -0.25) is 4.90 Å².